The summed E-state index contributed by atoms with van der Waals surface area (Å²) in [4.78, 5) is 4.71. The van der Waals surface area contributed by atoms with Crippen LogP contribution in [-0.2, 0) is 5.41 Å². The zero-order valence-electron chi connectivity index (χ0n) is 12.9. The zero-order valence-corrected chi connectivity index (χ0v) is 13.7. The number of thiazole rings is 1. The quantitative estimate of drug-likeness (QED) is 0.853. The van der Waals surface area contributed by atoms with Gasteiger partial charge in [-0.15, -0.1) is 11.3 Å². The lowest BCUT2D eigenvalue weighted by atomic mass is 9.96. The van der Waals surface area contributed by atoms with Crippen LogP contribution in [0.1, 0.15) is 61.2 Å². The molecule has 0 saturated heterocycles. The molecule has 2 atom stereocenters. The predicted octanol–water partition coefficient (Wildman–Crippen LogP) is 4.31. The minimum atomic E-state index is -0.488. The first-order valence-electron chi connectivity index (χ1n) is 7.26. The van der Waals surface area contributed by atoms with E-state index in [1.165, 1.54) is 0 Å². The Balaban J connectivity index is 1.89. The third-order valence-electron chi connectivity index (χ3n) is 3.72. The molecule has 112 valence electrons. The highest BCUT2D eigenvalue weighted by atomic mass is 32.1. The van der Waals surface area contributed by atoms with Gasteiger partial charge < -0.3 is 9.84 Å². The van der Waals surface area contributed by atoms with Gasteiger partial charge in [-0.2, -0.15) is 0 Å². The standard InChI is InChI=1S/C17H21NO2S/c1-10-5-6-14-11(7-10)13(19)8-15(20-14)12-9-21-16(18-12)17(2,3)4/h5-7,9,13,15,19H,8H2,1-4H3/t13-,15?/m0/s1. The summed E-state index contributed by atoms with van der Waals surface area (Å²) in [5.41, 5.74) is 3.00. The van der Waals surface area contributed by atoms with Crippen molar-refractivity contribution in [2.75, 3.05) is 0 Å². The minimum absolute atomic E-state index is 0.0468. The van der Waals surface area contributed by atoms with Gasteiger partial charge in [-0.25, -0.2) is 4.98 Å². The Morgan fingerprint density at radius 3 is 2.76 bits per heavy atom. The lowest BCUT2D eigenvalue weighted by Gasteiger charge is -2.29. The van der Waals surface area contributed by atoms with Crippen molar-refractivity contribution in [3.05, 3.63) is 45.4 Å². The van der Waals surface area contributed by atoms with Crippen LogP contribution in [0.25, 0.3) is 0 Å². The molecule has 1 unspecified atom stereocenters. The van der Waals surface area contributed by atoms with Crippen LogP contribution in [0.4, 0.5) is 0 Å². The SMILES string of the molecule is Cc1ccc2c(c1)[C@@H](O)CC(c1csc(C(C)(C)C)n1)O2. The van der Waals surface area contributed by atoms with Gasteiger partial charge in [-0.05, 0) is 19.1 Å². The van der Waals surface area contributed by atoms with Crippen molar-refractivity contribution in [1.82, 2.24) is 4.98 Å². The van der Waals surface area contributed by atoms with Crippen molar-refractivity contribution in [3.8, 4) is 5.75 Å². The molecule has 0 saturated carbocycles. The van der Waals surface area contributed by atoms with Crippen LogP contribution >= 0.6 is 11.3 Å². The summed E-state index contributed by atoms with van der Waals surface area (Å²) < 4.78 is 6.05. The highest BCUT2D eigenvalue weighted by molar-refractivity contribution is 7.09. The number of aliphatic hydroxyl groups excluding tert-OH is 1. The molecule has 1 aromatic carbocycles. The lowest BCUT2D eigenvalue weighted by Crippen LogP contribution is -2.20. The first-order valence-corrected chi connectivity index (χ1v) is 8.14. The van der Waals surface area contributed by atoms with Gasteiger partial charge in [0.15, 0.2) is 0 Å². The molecule has 1 N–H and O–H groups in total. The number of hydrogen-bond donors (Lipinski definition) is 1. The number of nitrogens with zero attached hydrogens (tertiary/aromatic N) is 1. The number of ether oxygens (including phenoxy) is 1. The second kappa shape index (κ2) is 5.11. The topological polar surface area (TPSA) is 42.4 Å². The molecule has 1 aromatic heterocycles. The molecule has 4 heteroatoms. The second-order valence-electron chi connectivity index (χ2n) is 6.73. The average molecular weight is 303 g/mol. The van der Waals surface area contributed by atoms with Crippen LogP contribution in [-0.4, -0.2) is 10.1 Å². The van der Waals surface area contributed by atoms with Gasteiger partial charge >= 0.3 is 0 Å². The summed E-state index contributed by atoms with van der Waals surface area (Å²) in [5.74, 6) is 0.773. The normalized spacial score (nSPS) is 21.8. The number of aromatic nitrogens is 1. The van der Waals surface area contributed by atoms with Crippen LogP contribution in [0.15, 0.2) is 23.6 Å². The first kappa shape index (κ1) is 14.5. The fraction of sp³-hybridized carbons (Fsp3) is 0.471. The predicted molar refractivity (Wildman–Crippen MR) is 84.9 cm³/mol. The number of aryl methyl sites for hydroxylation is 1. The summed E-state index contributed by atoms with van der Waals surface area (Å²) in [6, 6.07) is 5.95. The van der Waals surface area contributed by atoms with Gasteiger partial charge in [0.1, 0.15) is 11.9 Å². The van der Waals surface area contributed by atoms with Gasteiger partial charge in [0, 0.05) is 22.8 Å². The highest BCUT2D eigenvalue weighted by Gasteiger charge is 2.30. The number of aliphatic hydroxyl groups is 1. The number of benzene rings is 1. The van der Waals surface area contributed by atoms with E-state index < -0.39 is 6.10 Å². The molecule has 0 bridgehead atoms. The molecule has 0 radical (unpaired) electrons. The second-order valence-corrected chi connectivity index (χ2v) is 7.58. The van der Waals surface area contributed by atoms with Gasteiger partial charge in [0.05, 0.1) is 16.8 Å². The van der Waals surface area contributed by atoms with Gasteiger partial charge in [-0.1, -0.05) is 32.4 Å². The molecular weight excluding hydrogens is 282 g/mol. The minimum Gasteiger partial charge on any atom is -0.484 e. The van der Waals surface area contributed by atoms with E-state index in [0.29, 0.717) is 6.42 Å². The molecule has 0 fully saturated rings. The molecule has 0 amide bonds. The monoisotopic (exact) mass is 303 g/mol. The summed E-state index contributed by atoms with van der Waals surface area (Å²) >= 11 is 1.66. The number of fused-ring (bicyclic) bond motifs is 1. The fourth-order valence-corrected chi connectivity index (χ4v) is 3.47. The maximum Gasteiger partial charge on any atom is 0.144 e. The largest absolute Gasteiger partial charge is 0.484 e. The van der Waals surface area contributed by atoms with E-state index in [-0.39, 0.29) is 11.5 Å². The Morgan fingerprint density at radius 1 is 1.33 bits per heavy atom. The van der Waals surface area contributed by atoms with E-state index in [1.807, 2.05) is 25.1 Å². The van der Waals surface area contributed by atoms with Crippen molar-refractivity contribution in [3.63, 3.8) is 0 Å². The third kappa shape index (κ3) is 2.83. The number of rotatable bonds is 1. The summed E-state index contributed by atoms with van der Waals surface area (Å²) in [6.07, 6.45) is -0.0926. The molecule has 0 spiro atoms. The van der Waals surface area contributed by atoms with Crippen molar-refractivity contribution < 1.29 is 9.84 Å². The molecule has 0 aliphatic carbocycles. The number of hydrogen-bond acceptors (Lipinski definition) is 4. The molecule has 1 aliphatic heterocycles. The van der Waals surface area contributed by atoms with Crippen molar-refractivity contribution in [2.45, 2.75) is 51.7 Å². The molecular formula is C17H21NO2S. The Bertz CT molecular complexity index is 657. The van der Waals surface area contributed by atoms with Gasteiger partial charge in [0.2, 0.25) is 0 Å². The van der Waals surface area contributed by atoms with E-state index in [9.17, 15) is 5.11 Å². The molecule has 2 heterocycles. The Hall–Kier alpha value is -1.39. The maximum absolute atomic E-state index is 10.4. The van der Waals surface area contributed by atoms with Crippen LogP contribution < -0.4 is 4.74 Å². The molecule has 21 heavy (non-hydrogen) atoms. The fourth-order valence-electron chi connectivity index (χ4n) is 2.53. The first-order chi connectivity index (χ1) is 9.84. The third-order valence-corrected chi connectivity index (χ3v) is 5.01. The Kier molecular flexibility index (Phi) is 3.54. The van der Waals surface area contributed by atoms with Crippen LogP contribution in [0, 0.1) is 6.92 Å². The highest BCUT2D eigenvalue weighted by Crippen LogP contribution is 2.41. The van der Waals surface area contributed by atoms with Gasteiger partial charge in [-0.3, -0.25) is 0 Å². The smallest absolute Gasteiger partial charge is 0.144 e. The van der Waals surface area contributed by atoms with Crippen LogP contribution in [0.2, 0.25) is 0 Å². The van der Waals surface area contributed by atoms with Crippen LogP contribution in [0.3, 0.4) is 0 Å². The average Bonchev–Trinajstić information content (AvgIpc) is 2.89. The molecule has 3 rings (SSSR count). The molecule has 2 aromatic rings. The van der Waals surface area contributed by atoms with Crippen molar-refractivity contribution in [2.24, 2.45) is 0 Å². The zero-order chi connectivity index (χ0) is 15.2. The van der Waals surface area contributed by atoms with E-state index in [2.05, 4.69) is 26.2 Å². The van der Waals surface area contributed by atoms with Crippen molar-refractivity contribution >= 4 is 11.3 Å². The Labute approximate surface area is 129 Å². The summed E-state index contributed by atoms with van der Waals surface area (Å²) in [7, 11) is 0. The van der Waals surface area contributed by atoms with Crippen LogP contribution in [0.5, 0.6) is 5.75 Å². The lowest BCUT2D eigenvalue weighted by molar-refractivity contribution is 0.0638. The Morgan fingerprint density at radius 2 is 2.10 bits per heavy atom. The summed E-state index contributed by atoms with van der Waals surface area (Å²) in [5, 5.41) is 13.5. The summed E-state index contributed by atoms with van der Waals surface area (Å²) in [6.45, 7) is 8.49. The van der Waals surface area contributed by atoms with E-state index in [4.69, 9.17) is 9.72 Å². The molecule has 3 nitrogen and oxygen atoms in total. The van der Waals surface area contributed by atoms with Gasteiger partial charge in [0.25, 0.3) is 0 Å². The maximum atomic E-state index is 10.4. The van der Waals surface area contributed by atoms with E-state index >= 15 is 0 Å². The van der Waals surface area contributed by atoms with Crippen molar-refractivity contribution in [1.29, 1.82) is 0 Å². The van der Waals surface area contributed by atoms with E-state index in [1.54, 1.807) is 11.3 Å². The van der Waals surface area contributed by atoms with E-state index in [0.717, 1.165) is 27.6 Å². The molecule has 1 aliphatic rings.